The highest BCUT2D eigenvalue weighted by atomic mass is 32.1. The lowest BCUT2D eigenvalue weighted by atomic mass is 10.0. The van der Waals surface area contributed by atoms with Gasteiger partial charge in [0.2, 0.25) is 0 Å². The van der Waals surface area contributed by atoms with Crippen molar-refractivity contribution in [3.8, 4) is 11.4 Å². The van der Waals surface area contributed by atoms with Crippen LogP contribution < -0.4 is 5.32 Å². The van der Waals surface area contributed by atoms with Gasteiger partial charge < -0.3 is 24.6 Å². The van der Waals surface area contributed by atoms with Gasteiger partial charge in [-0.15, -0.1) is 0 Å². The predicted molar refractivity (Wildman–Crippen MR) is 116 cm³/mol. The molecule has 0 saturated carbocycles. The van der Waals surface area contributed by atoms with E-state index < -0.39 is 0 Å². The van der Waals surface area contributed by atoms with Gasteiger partial charge in [0, 0.05) is 44.0 Å². The molecule has 3 heterocycles. The highest BCUT2D eigenvalue weighted by Crippen LogP contribution is 2.39. The third kappa shape index (κ3) is 3.97. The Morgan fingerprint density at radius 3 is 2.69 bits per heavy atom. The average molecular weight is 409 g/mol. The maximum Gasteiger partial charge on any atom is 0.170 e. The van der Waals surface area contributed by atoms with E-state index in [0.29, 0.717) is 6.61 Å². The minimum atomic E-state index is -0.0583. The van der Waals surface area contributed by atoms with E-state index in [1.807, 2.05) is 48.8 Å². The molecule has 0 amide bonds. The number of nitrogens with one attached hydrogen (secondary N) is 1. The van der Waals surface area contributed by atoms with Gasteiger partial charge in [0.1, 0.15) is 5.75 Å². The monoisotopic (exact) mass is 408 g/mol. The average Bonchev–Trinajstić information content (AvgIpc) is 3.34. The molecule has 2 unspecified atom stereocenters. The number of hydrogen-bond donors (Lipinski definition) is 2. The molecule has 1 aromatic carbocycles. The molecular formula is C22H24N4O2S. The number of ether oxygens (including phenoxy) is 1. The molecule has 3 aromatic rings. The van der Waals surface area contributed by atoms with Gasteiger partial charge in [-0.3, -0.25) is 4.98 Å². The van der Waals surface area contributed by atoms with E-state index in [2.05, 4.69) is 25.8 Å². The van der Waals surface area contributed by atoms with Crippen LogP contribution in [0, 0.1) is 0 Å². The maximum absolute atomic E-state index is 9.66. The Bertz CT molecular complexity index is 958. The molecular weight excluding hydrogens is 384 g/mol. The zero-order valence-electron chi connectivity index (χ0n) is 16.2. The lowest BCUT2D eigenvalue weighted by Crippen LogP contribution is -2.32. The van der Waals surface area contributed by atoms with Crippen molar-refractivity contribution < 1.29 is 9.84 Å². The van der Waals surface area contributed by atoms with Crippen molar-refractivity contribution in [2.45, 2.75) is 18.5 Å². The second-order valence-corrected chi connectivity index (χ2v) is 7.37. The fourth-order valence-electron chi connectivity index (χ4n) is 3.83. The van der Waals surface area contributed by atoms with E-state index in [1.54, 1.807) is 19.2 Å². The first kappa shape index (κ1) is 19.4. The highest BCUT2D eigenvalue weighted by molar-refractivity contribution is 7.80. The van der Waals surface area contributed by atoms with Gasteiger partial charge in [-0.2, -0.15) is 0 Å². The van der Waals surface area contributed by atoms with Crippen LogP contribution in [0.1, 0.15) is 29.9 Å². The summed E-state index contributed by atoms with van der Waals surface area (Å²) in [6, 6.07) is 17.2. The summed E-state index contributed by atoms with van der Waals surface area (Å²) in [7, 11) is 1.71. The largest absolute Gasteiger partial charge is 0.508 e. The summed E-state index contributed by atoms with van der Waals surface area (Å²) in [6.45, 7) is 1.47. The molecule has 7 heteroatoms. The first-order valence-electron chi connectivity index (χ1n) is 9.62. The number of methoxy groups -OCH3 is 1. The molecule has 4 rings (SSSR count). The van der Waals surface area contributed by atoms with E-state index >= 15 is 0 Å². The van der Waals surface area contributed by atoms with Crippen molar-refractivity contribution in [1.29, 1.82) is 0 Å². The minimum Gasteiger partial charge on any atom is -0.508 e. The fourth-order valence-corrected chi connectivity index (χ4v) is 4.16. The summed E-state index contributed by atoms with van der Waals surface area (Å²) in [6.07, 6.45) is 4.72. The standard InChI is InChI=1S/C22H24N4O2S/c1-28-15-5-14-26-21(20(24-22(26)29)18-6-2-3-12-23-18)19-7-4-13-25(19)16-8-10-17(27)11-9-16/h2-4,6-13,20-21,27H,5,14-15H2,1H3,(H,24,29). The zero-order chi connectivity index (χ0) is 20.2. The van der Waals surface area contributed by atoms with Crippen LogP contribution >= 0.6 is 12.2 Å². The van der Waals surface area contributed by atoms with Gasteiger partial charge in [-0.1, -0.05) is 6.07 Å². The Morgan fingerprint density at radius 2 is 1.97 bits per heavy atom. The fraction of sp³-hybridized carbons (Fsp3) is 0.273. The van der Waals surface area contributed by atoms with Crippen molar-refractivity contribution in [2.24, 2.45) is 0 Å². The van der Waals surface area contributed by atoms with E-state index in [9.17, 15) is 5.11 Å². The number of phenolic OH excluding ortho intramolecular Hbond substituents is 1. The molecule has 0 aliphatic carbocycles. The van der Waals surface area contributed by atoms with Gasteiger partial charge in [0.15, 0.2) is 5.11 Å². The van der Waals surface area contributed by atoms with Gasteiger partial charge in [0.25, 0.3) is 0 Å². The molecule has 1 saturated heterocycles. The summed E-state index contributed by atoms with van der Waals surface area (Å²) in [5.74, 6) is 0.249. The van der Waals surface area contributed by atoms with E-state index in [0.717, 1.165) is 35.2 Å². The summed E-state index contributed by atoms with van der Waals surface area (Å²) in [5.41, 5.74) is 3.04. The molecule has 2 aromatic heterocycles. The molecule has 0 radical (unpaired) electrons. The van der Waals surface area contributed by atoms with E-state index in [1.165, 1.54) is 0 Å². The Kier molecular flexibility index (Phi) is 5.78. The maximum atomic E-state index is 9.66. The van der Waals surface area contributed by atoms with Crippen molar-refractivity contribution in [1.82, 2.24) is 19.8 Å². The lowest BCUT2D eigenvalue weighted by Gasteiger charge is -2.29. The summed E-state index contributed by atoms with van der Waals surface area (Å²) < 4.78 is 7.38. The summed E-state index contributed by atoms with van der Waals surface area (Å²) in [5, 5.41) is 13.9. The summed E-state index contributed by atoms with van der Waals surface area (Å²) in [4.78, 5) is 6.81. The summed E-state index contributed by atoms with van der Waals surface area (Å²) >= 11 is 5.70. The van der Waals surface area contributed by atoms with Crippen molar-refractivity contribution in [2.75, 3.05) is 20.3 Å². The number of hydrogen-bond acceptors (Lipinski definition) is 4. The SMILES string of the molecule is COCCCN1C(=S)NC(c2ccccn2)C1c1cccn1-c1ccc(O)cc1. The van der Waals surface area contributed by atoms with Crippen LogP contribution in [0.2, 0.25) is 0 Å². The molecule has 150 valence electrons. The van der Waals surface area contributed by atoms with Crippen molar-refractivity contribution >= 4 is 17.3 Å². The van der Waals surface area contributed by atoms with Crippen LogP contribution in [0.4, 0.5) is 0 Å². The number of phenols is 1. The molecule has 0 bridgehead atoms. The number of aromatic hydroxyl groups is 1. The topological polar surface area (TPSA) is 62.5 Å². The second kappa shape index (κ2) is 8.63. The van der Waals surface area contributed by atoms with Crippen LogP contribution in [-0.4, -0.2) is 44.9 Å². The van der Waals surface area contributed by atoms with Crippen LogP contribution in [0.3, 0.4) is 0 Å². The molecule has 6 nitrogen and oxygen atoms in total. The first-order valence-corrected chi connectivity index (χ1v) is 10.0. The van der Waals surface area contributed by atoms with Crippen molar-refractivity contribution in [3.05, 3.63) is 78.4 Å². The van der Waals surface area contributed by atoms with Gasteiger partial charge in [-0.05, 0) is 67.2 Å². The predicted octanol–water partition coefficient (Wildman–Crippen LogP) is 3.59. The second-order valence-electron chi connectivity index (χ2n) is 6.99. The quantitative estimate of drug-likeness (QED) is 0.460. The van der Waals surface area contributed by atoms with Crippen LogP contribution in [0.25, 0.3) is 5.69 Å². The molecule has 1 aliphatic heterocycles. The first-order chi connectivity index (χ1) is 14.2. The number of rotatable bonds is 7. The number of thiocarbonyl (C=S) groups is 1. The highest BCUT2D eigenvalue weighted by Gasteiger charge is 2.40. The van der Waals surface area contributed by atoms with Crippen LogP contribution in [-0.2, 0) is 4.74 Å². The van der Waals surface area contributed by atoms with E-state index in [4.69, 9.17) is 17.0 Å². The molecule has 2 atom stereocenters. The van der Waals surface area contributed by atoms with Crippen molar-refractivity contribution in [3.63, 3.8) is 0 Å². The molecule has 1 fully saturated rings. The molecule has 2 N–H and O–H groups in total. The number of aromatic nitrogens is 2. The Morgan fingerprint density at radius 1 is 1.14 bits per heavy atom. The Labute approximate surface area is 175 Å². The zero-order valence-corrected chi connectivity index (χ0v) is 17.0. The Balaban J connectivity index is 1.75. The van der Waals surface area contributed by atoms with E-state index in [-0.39, 0.29) is 17.8 Å². The number of nitrogens with zero attached hydrogens (tertiary/aromatic N) is 3. The third-order valence-corrected chi connectivity index (χ3v) is 5.51. The number of benzene rings is 1. The molecule has 1 aliphatic rings. The minimum absolute atomic E-state index is 0.0157. The number of pyridine rings is 1. The van der Waals surface area contributed by atoms with Gasteiger partial charge in [0.05, 0.1) is 17.8 Å². The third-order valence-electron chi connectivity index (χ3n) is 5.16. The van der Waals surface area contributed by atoms with Gasteiger partial charge in [-0.25, -0.2) is 0 Å². The van der Waals surface area contributed by atoms with Gasteiger partial charge >= 0.3 is 0 Å². The van der Waals surface area contributed by atoms with Crippen LogP contribution in [0.5, 0.6) is 5.75 Å². The Hall–Kier alpha value is -2.90. The molecule has 0 spiro atoms. The normalized spacial score (nSPS) is 18.8. The smallest absolute Gasteiger partial charge is 0.170 e. The van der Waals surface area contributed by atoms with Crippen LogP contribution in [0.15, 0.2) is 67.0 Å². The lowest BCUT2D eigenvalue weighted by molar-refractivity contribution is 0.180. The molecule has 29 heavy (non-hydrogen) atoms.